The molecule has 0 saturated heterocycles. The second-order valence-electron chi connectivity index (χ2n) is 3.79. The lowest BCUT2D eigenvalue weighted by molar-refractivity contribution is 0.660. The number of nitrogens with one attached hydrogen (secondary N) is 1. The highest BCUT2D eigenvalue weighted by Gasteiger charge is 1.98. The third-order valence-electron chi connectivity index (χ3n) is 2.63. The lowest BCUT2D eigenvalue weighted by Crippen LogP contribution is -1.98. The number of hydrogen-bond acceptors (Lipinski definition) is 2. The Bertz CT molecular complexity index is 399. The predicted molar refractivity (Wildman–Crippen MR) is 65.3 cm³/mol. The molecule has 0 unspecified atom stereocenters. The van der Waals surface area contributed by atoms with Gasteiger partial charge in [-0.25, -0.2) is 0 Å². The van der Waals surface area contributed by atoms with Gasteiger partial charge in [-0.1, -0.05) is 0 Å². The molecule has 2 aromatic heterocycles. The molecule has 2 rings (SSSR count). The maximum Gasteiger partial charge on any atom is 0.0729 e. The minimum absolute atomic E-state index is 0.850. The second kappa shape index (κ2) is 4.88. The molecular weight excluding hydrogens is 200 g/mol. The summed E-state index contributed by atoms with van der Waals surface area (Å²) in [5, 5.41) is 7.57. The maximum atomic E-state index is 4.22. The van der Waals surface area contributed by atoms with E-state index in [2.05, 4.69) is 47.3 Å². The number of nitrogens with zero attached hydrogens (tertiary/aromatic N) is 3. The fraction of sp³-hybridized carbons (Fsp3) is 0.417. The third kappa shape index (κ3) is 2.45. The van der Waals surface area contributed by atoms with E-state index in [0.717, 1.165) is 25.3 Å². The molecule has 0 spiro atoms. The molecule has 4 heteroatoms. The van der Waals surface area contributed by atoms with Gasteiger partial charge in [-0.2, -0.15) is 5.10 Å². The molecule has 0 amide bonds. The first-order valence-corrected chi connectivity index (χ1v) is 5.72. The van der Waals surface area contributed by atoms with Gasteiger partial charge in [0.15, 0.2) is 0 Å². The van der Waals surface area contributed by atoms with Crippen molar-refractivity contribution in [3.8, 4) is 0 Å². The average molecular weight is 218 g/mol. The van der Waals surface area contributed by atoms with Crippen LogP contribution in [0.25, 0.3) is 0 Å². The van der Waals surface area contributed by atoms with Gasteiger partial charge in [-0.3, -0.25) is 4.68 Å². The Labute approximate surface area is 95.9 Å². The van der Waals surface area contributed by atoms with Crippen LogP contribution < -0.4 is 5.32 Å². The van der Waals surface area contributed by atoms with Gasteiger partial charge in [0.1, 0.15) is 0 Å². The molecule has 2 aromatic rings. The van der Waals surface area contributed by atoms with Crippen molar-refractivity contribution in [1.82, 2.24) is 14.3 Å². The highest BCUT2D eigenvalue weighted by molar-refractivity contribution is 5.38. The minimum Gasteiger partial charge on any atom is -0.378 e. The first-order valence-electron chi connectivity index (χ1n) is 5.72. The van der Waals surface area contributed by atoms with Crippen molar-refractivity contribution >= 4 is 5.69 Å². The van der Waals surface area contributed by atoms with Gasteiger partial charge in [0.25, 0.3) is 0 Å². The topological polar surface area (TPSA) is 34.8 Å². The zero-order valence-electron chi connectivity index (χ0n) is 9.85. The first kappa shape index (κ1) is 10.8. The molecule has 0 aliphatic rings. The van der Waals surface area contributed by atoms with Crippen LogP contribution in [-0.4, -0.2) is 14.3 Å². The fourth-order valence-electron chi connectivity index (χ4n) is 1.62. The number of rotatable bonds is 5. The molecule has 0 aliphatic carbocycles. The van der Waals surface area contributed by atoms with Crippen LogP contribution in [0, 0.1) is 0 Å². The van der Waals surface area contributed by atoms with Gasteiger partial charge in [-0.05, 0) is 25.5 Å². The van der Waals surface area contributed by atoms with E-state index in [1.54, 1.807) is 0 Å². The van der Waals surface area contributed by atoms with Gasteiger partial charge in [0.2, 0.25) is 0 Å². The molecule has 0 aliphatic heterocycles. The van der Waals surface area contributed by atoms with Crippen LogP contribution in [0.3, 0.4) is 0 Å². The summed E-state index contributed by atoms with van der Waals surface area (Å²) in [6, 6.07) is 2.14. The first-order chi connectivity index (χ1) is 7.81. The van der Waals surface area contributed by atoms with Crippen molar-refractivity contribution in [3.63, 3.8) is 0 Å². The van der Waals surface area contributed by atoms with Crippen molar-refractivity contribution in [1.29, 1.82) is 0 Å². The smallest absolute Gasteiger partial charge is 0.0729 e. The SMILES string of the molecule is CCn1ccc(CNc2cnn(CC)c2)c1. The van der Waals surface area contributed by atoms with Crippen LogP contribution in [0.2, 0.25) is 0 Å². The number of anilines is 1. The Morgan fingerprint density at radius 3 is 2.75 bits per heavy atom. The summed E-state index contributed by atoms with van der Waals surface area (Å²) in [6.07, 6.45) is 8.15. The Balaban J connectivity index is 1.91. The average Bonchev–Trinajstić information content (AvgIpc) is 2.95. The van der Waals surface area contributed by atoms with Crippen LogP contribution in [-0.2, 0) is 19.6 Å². The molecule has 0 bridgehead atoms. The van der Waals surface area contributed by atoms with E-state index in [-0.39, 0.29) is 0 Å². The molecule has 86 valence electrons. The molecule has 16 heavy (non-hydrogen) atoms. The molecule has 0 saturated carbocycles. The number of aromatic nitrogens is 3. The molecule has 2 heterocycles. The van der Waals surface area contributed by atoms with Crippen LogP contribution >= 0.6 is 0 Å². The Morgan fingerprint density at radius 1 is 1.25 bits per heavy atom. The Hall–Kier alpha value is -1.71. The fourth-order valence-corrected chi connectivity index (χ4v) is 1.62. The molecule has 0 atom stereocenters. The molecule has 0 radical (unpaired) electrons. The molecule has 0 fully saturated rings. The lowest BCUT2D eigenvalue weighted by Gasteiger charge is -2.00. The lowest BCUT2D eigenvalue weighted by atomic mass is 10.3. The van der Waals surface area contributed by atoms with Gasteiger partial charge >= 0.3 is 0 Å². The van der Waals surface area contributed by atoms with E-state index in [1.165, 1.54) is 5.56 Å². The van der Waals surface area contributed by atoms with Crippen LogP contribution in [0.4, 0.5) is 5.69 Å². The highest BCUT2D eigenvalue weighted by Crippen LogP contribution is 2.08. The van der Waals surface area contributed by atoms with Gasteiger partial charge in [0.05, 0.1) is 11.9 Å². The Kier molecular flexibility index (Phi) is 3.29. The molecular formula is C12H18N4. The predicted octanol–water partition coefficient (Wildman–Crippen LogP) is 2.34. The number of hydrogen-bond donors (Lipinski definition) is 1. The van der Waals surface area contributed by atoms with Crippen molar-refractivity contribution in [2.75, 3.05) is 5.32 Å². The third-order valence-corrected chi connectivity index (χ3v) is 2.63. The van der Waals surface area contributed by atoms with E-state index in [4.69, 9.17) is 0 Å². The van der Waals surface area contributed by atoms with Gasteiger partial charge in [-0.15, -0.1) is 0 Å². The zero-order chi connectivity index (χ0) is 11.4. The van der Waals surface area contributed by atoms with E-state index in [0.29, 0.717) is 0 Å². The monoisotopic (exact) mass is 218 g/mol. The summed E-state index contributed by atoms with van der Waals surface area (Å²) in [6.45, 7) is 7.00. The molecule has 4 nitrogen and oxygen atoms in total. The summed E-state index contributed by atoms with van der Waals surface area (Å²) in [7, 11) is 0. The van der Waals surface area contributed by atoms with Crippen molar-refractivity contribution < 1.29 is 0 Å². The van der Waals surface area contributed by atoms with Gasteiger partial charge in [0, 0.05) is 38.2 Å². The maximum absolute atomic E-state index is 4.22. The summed E-state index contributed by atoms with van der Waals surface area (Å²) in [5.74, 6) is 0. The summed E-state index contributed by atoms with van der Waals surface area (Å²) in [5.41, 5.74) is 2.37. The van der Waals surface area contributed by atoms with E-state index < -0.39 is 0 Å². The van der Waals surface area contributed by atoms with Crippen LogP contribution in [0.15, 0.2) is 30.9 Å². The van der Waals surface area contributed by atoms with Crippen molar-refractivity contribution in [2.45, 2.75) is 33.5 Å². The summed E-state index contributed by atoms with van der Waals surface area (Å²) >= 11 is 0. The second-order valence-corrected chi connectivity index (χ2v) is 3.79. The minimum atomic E-state index is 0.850. The van der Waals surface area contributed by atoms with Crippen molar-refractivity contribution in [3.05, 3.63) is 36.4 Å². The molecule has 0 aromatic carbocycles. The summed E-state index contributed by atoms with van der Waals surface area (Å²) < 4.78 is 4.09. The van der Waals surface area contributed by atoms with Crippen LogP contribution in [0.5, 0.6) is 0 Å². The van der Waals surface area contributed by atoms with Crippen molar-refractivity contribution in [2.24, 2.45) is 0 Å². The van der Waals surface area contributed by atoms with E-state index >= 15 is 0 Å². The van der Waals surface area contributed by atoms with Gasteiger partial charge < -0.3 is 9.88 Å². The molecule has 1 N–H and O–H groups in total. The normalized spacial score (nSPS) is 10.6. The standard InChI is InChI=1S/C12H18N4/c1-3-15-6-5-11(9-15)7-13-12-8-14-16(4-2)10-12/h5-6,8-10,13H,3-4,7H2,1-2H3. The van der Waals surface area contributed by atoms with E-state index in [9.17, 15) is 0 Å². The number of aryl methyl sites for hydroxylation is 2. The Morgan fingerprint density at radius 2 is 2.12 bits per heavy atom. The van der Waals surface area contributed by atoms with E-state index in [1.807, 2.05) is 17.1 Å². The van der Waals surface area contributed by atoms with Crippen LogP contribution in [0.1, 0.15) is 19.4 Å². The zero-order valence-corrected chi connectivity index (χ0v) is 9.85. The highest BCUT2D eigenvalue weighted by atomic mass is 15.3. The summed E-state index contributed by atoms with van der Waals surface area (Å²) in [4.78, 5) is 0. The quantitative estimate of drug-likeness (QED) is 0.836. The largest absolute Gasteiger partial charge is 0.378 e.